The van der Waals surface area contributed by atoms with Gasteiger partial charge in [-0.2, -0.15) is 0 Å². The van der Waals surface area contributed by atoms with Crippen LogP contribution in [0.15, 0.2) is 54.7 Å². The summed E-state index contributed by atoms with van der Waals surface area (Å²) in [4.78, 5) is 4.95. The fourth-order valence-corrected chi connectivity index (χ4v) is 5.83. The maximum atomic E-state index is 4.95. The van der Waals surface area contributed by atoms with E-state index in [0.29, 0.717) is 0 Å². The lowest BCUT2D eigenvalue weighted by atomic mass is 9.84. The first-order chi connectivity index (χ1) is 15.2. The molecule has 156 valence electrons. The summed E-state index contributed by atoms with van der Waals surface area (Å²) in [6.07, 6.45) is 11.4. The van der Waals surface area contributed by atoms with Gasteiger partial charge in [-0.1, -0.05) is 50.3 Å². The molecule has 3 heteroatoms. The molecule has 0 spiro atoms. The number of benzene rings is 2. The fourth-order valence-electron chi connectivity index (χ4n) is 5.83. The van der Waals surface area contributed by atoms with Gasteiger partial charge >= 0.3 is 0 Å². The molecule has 31 heavy (non-hydrogen) atoms. The zero-order chi connectivity index (χ0) is 20.9. The first-order valence-electron chi connectivity index (χ1n) is 11.8. The summed E-state index contributed by atoms with van der Waals surface area (Å²) in [5.74, 6) is 2.01. The minimum atomic E-state index is 0.855. The maximum Gasteiger partial charge on any atom is 0.213 e. The number of hydrogen-bond acceptors (Lipinski definition) is 1. The summed E-state index contributed by atoms with van der Waals surface area (Å²) in [7, 11) is 2.18. The van der Waals surface area contributed by atoms with Crippen molar-refractivity contribution in [3.05, 3.63) is 77.2 Å². The van der Waals surface area contributed by atoms with Gasteiger partial charge in [-0.05, 0) is 54.2 Å². The zero-order valence-electron chi connectivity index (χ0n) is 18.6. The van der Waals surface area contributed by atoms with Crippen molar-refractivity contribution in [1.82, 2.24) is 9.55 Å². The van der Waals surface area contributed by atoms with Gasteiger partial charge in [0.25, 0.3) is 0 Å². The van der Waals surface area contributed by atoms with Gasteiger partial charge in [-0.3, -0.25) is 4.57 Å². The van der Waals surface area contributed by atoms with Gasteiger partial charge in [0, 0.05) is 18.6 Å². The van der Waals surface area contributed by atoms with Crippen molar-refractivity contribution >= 4 is 11.0 Å². The smallest absolute Gasteiger partial charge is 0.213 e. The minimum Gasteiger partial charge on any atom is -0.296 e. The second kappa shape index (κ2) is 7.33. The average molecular weight is 409 g/mol. The fraction of sp³-hybridized carbons (Fsp3) is 0.357. The minimum absolute atomic E-state index is 0.855. The molecule has 1 saturated carbocycles. The normalized spacial score (nSPS) is 15.9. The van der Waals surface area contributed by atoms with Crippen LogP contribution in [-0.4, -0.2) is 9.55 Å². The number of hydrogen-bond donors (Lipinski definition) is 0. The Bertz CT molecular complexity index is 1290. The molecule has 2 aromatic carbocycles. The molecule has 0 amide bonds. The summed E-state index contributed by atoms with van der Waals surface area (Å²) < 4.78 is 4.66. The highest BCUT2D eigenvalue weighted by Gasteiger charge is 2.29. The van der Waals surface area contributed by atoms with Crippen LogP contribution >= 0.6 is 0 Å². The number of para-hydroxylation sites is 2. The van der Waals surface area contributed by atoms with E-state index in [2.05, 4.69) is 77.8 Å². The van der Waals surface area contributed by atoms with E-state index in [-0.39, 0.29) is 0 Å². The molecule has 1 aliphatic carbocycles. The molecule has 0 atom stereocenters. The van der Waals surface area contributed by atoms with Crippen LogP contribution < -0.4 is 4.57 Å². The van der Waals surface area contributed by atoms with E-state index in [1.54, 1.807) is 0 Å². The summed E-state index contributed by atoms with van der Waals surface area (Å²) in [5, 5.41) is 0. The highest BCUT2D eigenvalue weighted by molar-refractivity contribution is 5.83. The summed E-state index contributed by atoms with van der Waals surface area (Å²) in [6, 6.07) is 17.8. The van der Waals surface area contributed by atoms with Crippen LogP contribution in [-0.2, 0) is 19.9 Å². The Balaban J connectivity index is 1.46. The third-order valence-corrected chi connectivity index (χ3v) is 7.42. The molecule has 4 aromatic rings. The lowest BCUT2D eigenvalue weighted by molar-refractivity contribution is -0.660. The quantitative estimate of drug-likeness (QED) is 0.343. The Kier molecular flexibility index (Phi) is 4.45. The molecule has 0 radical (unpaired) electrons. The Morgan fingerprint density at radius 2 is 1.87 bits per heavy atom. The lowest BCUT2D eigenvalue weighted by Crippen LogP contribution is -2.31. The average Bonchev–Trinajstić information content (AvgIpc) is 3.32. The van der Waals surface area contributed by atoms with E-state index in [9.17, 15) is 0 Å². The molecule has 1 fully saturated rings. The van der Waals surface area contributed by atoms with E-state index in [0.717, 1.165) is 23.7 Å². The predicted molar refractivity (Wildman–Crippen MR) is 126 cm³/mol. The van der Waals surface area contributed by atoms with Crippen LogP contribution in [0.25, 0.3) is 28.0 Å². The number of fused-ring (bicyclic) bond motifs is 5. The monoisotopic (exact) mass is 408 g/mol. The summed E-state index contributed by atoms with van der Waals surface area (Å²) >= 11 is 0. The van der Waals surface area contributed by atoms with Gasteiger partial charge in [0.2, 0.25) is 5.69 Å². The Morgan fingerprint density at radius 1 is 1.03 bits per heavy atom. The van der Waals surface area contributed by atoms with E-state index < -0.39 is 0 Å². The molecule has 0 unspecified atom stereocenters. The molecular formula is C28H30N3+. The third-order valence-electron chi connectivity index (χ3n) is 7.42. The summed E-state index contributed by atoms with van der Waals surface area (Å²) in [6.45, 7) is 2.25. The first-order valence-corrected chi connectivity index (χ1v) is 11.8. The molecule has 2 aliphatic rings. The lowest BCUT2D eigenvalue weighted by Gasteiger charge is -2.21. The van der Waals surface area contributed by atoms with Crippen molar-refractivity contribution in [1.29, 1.82) is 0 Å². The van der Waals surface area contributed by atoms with Gasteiger partial charge in [0.05, 0.1) is 22.3 Å². The van der Waals surface area contributed by atoms with Crippen LogP contribution in [0.2, 0.25) is 0 Å². The van der Waals surface area contributed by atoms with E-state index in [1.165, 1.54) is 77.7 Å². The number of aryl methyl sites for hydroxylation is 2. The second-order valence-electron chi connectivity index (χ2n) is 9.52. The Labute approximate surface area is 184 Å². The SMILES string of the molecule is Cc1ccc2c(c1-c1cc(CC3CCCCC3)cc[n+]1C)Cc1nc3ccccc3n1-2. The van der Waals surface area contributed by atoms with Crippen LogP contribution in [0.4, 0.5) is 0 Å². The van der Waals surface area contributed by atoms with Gasteiger partial charge in [-0.15, -0.1) is 0 Å². The van der Waals surface area contributed by atoms with Crippen molar-refractivity contribution < 1.29 is 4.57 Å². The highest BCUT2D eigenvalue weighted by atomic mass is 15.1. The molecule has 0 saturated heterocycles. The van der Waals surface area contributed by atoms with Crippen LogP contribution in [0.5, 0.6) is 0 Å². The zero-order valence-corrected chi connectivity index (χ0v) is 18.6. The second-order valence-corrected chi connectivity index (χ2v) is 9.52. The standard InChI is InChI=1S/C28H30N3/c1-19-12-13-24-22(18-27-29-23-10-6-7-11-25(23)31(24)27)28(19)26-17-21(14-15-30(26)2)16-20-8-4-3-5-9-20/h6-7,10-15,17,20H,3-5,8-9,16,18H2,1-2H3/q+1. The van der Waals surface area contributed by atoms with Crippen LogP contribution in [0.1, 0.15) is 54.6 Å². The molecule has 6 rings (SSSR count). The predicted octanol–water partition coefficient (Wildman–Crippen LogP) is 5.85. The number of pyridine rings is 1. The number of imidazole rings is 1. The molecule has 3 heterocycles. The van der Waals surface area contributed by atoms with E-state index in [1.807, 2.05) is 0 Å². The summed E-state index contributed by atoms with van der Waals surface area (Å²) in [5.41, 5.74) is 10.6. The van der Waals surface area contributed by atoms with Crippen molar-refractivity contribution in [3.63, 3.8) is 0 Å². The van der Waals surface area contributed by atoms with E-state index >= 15 is 0 Å². The number of rotatable bonds is 3. The molecule has 2 aromatic heterocycles. The van der Waals surface area contributed by atoms with Gasteiger partial charge in [0.15, 0.2) is 6.20 Å². The topological polar surface area (TPSA) is 21.7 Å². The van der Waals surface area contributed by atoms with Gasteiger partial charge in [-0.25, -0.2) is 9.55 Å². The number of nitrogens with zero attached hydrogens (tertiary/aromatic N) is 3. The molecule has 3 nitrogen and oxygen atoms in total. The van der Waals surface area contributed by atoms with Gasteiger partial charge < -0.3 is 0 Å². The highest BCUT2D eigenvalue weighted by Crippen LogP contribution is 2.39. The van der Waals surface area contributed by atoms with Crippen molar-refractivity contribution in [2.45, 2.75) is 51.9 Å². The van der Waals surface area contributed by atoms with Crippen molar-refractivity contribution in [3.8, 4) is 16.9 Å². The Morgan fingerprint density at radius 3 is 2.74 bits per heavy atom. The molecule has 1 aliphatic heterocycles. The first kappa shape index (κ1) is 18.8. The molecule has 0 N–H and O–H groups in total. The van der Waals surface area contributed by atoms with Crippen LogP contribution in [0, 0.1) is 12.8 Å². The van der Waals surface area contributed by atoms with Crippen LogP contribution in [0.3, 0.4) is 0 Å². The molecular weight excluding hydrogens is 378 g/mol. The van der Waals surface area contributed by atoms with Gasteiger partial charge in [0.1, 0.15) is 12.9 Å². The number of aromatic nitrogens is 3. The maximum absolute atomic E-state index is 4.95. The third kappa shape index (κ3) is 3.10. The van der Waals surface area contributed by atoms with E-state index in [4.69, 9.17) is 4.98 Å². The Hall–Kier alpha value is -2.94. The van der Waals surface area contributed by atoms with Crippen molar-refractivity contribution in [2.24, 2.45) is 13.0 Å². The largest absolute Gasteiger partial charge is 0.296 e. The molecule has 0 bridgehead atoms. The van der Waals surface area contributed by atoms with Crippen molar-refractivity contribution in [2.75, 3.05) is 0 Å².